The van der Waals surface area contributed by atoms with Gasteiger partial charge in [0, 0.05) is 6.92 Å². The molecular formula is C5H7ClO4. The maximum atomic E-state index is 9.84. The van der Waals surface area contributed by atoms with Gasteiger partial charge < -0.3 is 0 Å². The fourth-order valence-electron chi connectivity index (χ4n) is 0.341. The first-order chi connectivity index (χ1) is 4.45. The molecule has 0 heterocycles. The quantitative estimate of drug-likeness (QED) is 0.359. The summed E-state index contributed by atoms with van der Waals surface area (Å²) < 4.78 is 33.4. The largest absolute Gasteiger partial charge is 0.262 e. The van der Waals surface area contributed by atoms with Gasteiger partial charge in [-0.1, -0.05) is 16.9 Å². The summed E-state index contributed by atoms with van der Waals surface area (Å²) in [6.45, 7) is 4.61. The van der Waals surface area contributed by atoms with Crippen LogP contribution in [0.1, 0.15) is 6.92 Å². The molecule has 0 saturated carbocycles. The van der Waals surface area contributed by atoms with Crippen LogP contribution in [0.25, 0.3) is 0 Å². The Bertz CT molecular complexity index is 146. The SMILES string of the molecule is C=CC=C(C)O[Cl+3]([O-])([O-])[O-]. The first-order valence-corrected chi connectivity index (χ1v) is 3.59. The van der Waals surface area contributed by atoms with E-state index in [0.717, 1.165) is 0 Å². The van der Waals surface area contributed by atoms with Crippen molar-refractivity contribution in [3.63, 3.8) is 0 Å². The summed E-state index contributed by atoms with van der Waals surface area (Å²) >= 11 is 0. The van der Waals surface area contributed by atoms with E-state index in [1.54, 1.807) is 0 Å². The highest BCUT2D eigenvalue weighted by atomic mass is 35.7. The number of hydrogen-bond acceptors (Lipinski definition) is 4. The van der Waals surface area contributed by atoms with Crippen LogP contribution in [-0.2, 0) is 4.29 Å². The smallest absolute Gasteiger partial charge is 0.167 e. The molecule has 0 aliphatic rings. The molecule has 0 unspecified atom stereocenters. The molecule has 0 aromatic heterocycles. The molecule has 5 heteroatoms. The molecule has 0 saturated heterocycles. The van der Waals surface area contributed by atoms with Crippen LogP contribution in [0.4, 0.5) is 0 Å². The molecule has 0 N–H and O–H groups in total. The predicted octanol–water partition coefficient (Wildman–Crippen LogP) is -2.01. The summed E-state index contributed by atoms with van der Waals surface area (Å²) in [5.74, 6) is -0.00772. The van der Waals surface area contributed by atoms with Crippen molar-refractivity contribution in [2.75, 3.05) is 0 Å². The fourth-order valence-corrected chi connectivity index (χ4v) is 0.690. The van der Waals surface area contributed by atoms with E-state index >= 15 is 0 Å². The molecule has 0 rings (SSSR count). The monoisotopic (exact) mass is 166 g/mol. The highest BCUT2D eigenvalue weighted by Gasteiger charge is 2.17. The van der Waals surface area contributed by atoms with Crippen molar-refractivity contribution in [3.8, 4) is 0 Å². The zero-order chi connectivity index (χ0) is 8.20. The van der Waals surface area contributed by atoms with E-state index in [1.165, 1.54) is 19.1 Å². The molecular weight excluding hydrogens is 160 g/mol. The molecule has 4 nitrogen and oxygen atoms in total. The Morgan fingerprint density at radius 1 is 1.50 bits per heavy atom. The predicted molar refractivity (Wildman–Crippen MR) is 25.0 cm³/mol. The average Bonchev–Trinajstić information content (AvgIpc) is 1.59. The lowest BCUT2D eigenvalue weighted by atomic mass is 10.5. The van der Waals surface area contributed by atoms with Gasteiger partial charge in [-0.05, 0) is 6.08 Å². The van der Waals surface area contributed by atoms with Gasteiger partial charge in [-0.25, -0.2) is 0 Å². The summed E-state index contributed by atoms with van der Waals surface area (Å²) in [5, 5.41) is 0. The normalized spacial score (nSPS) is 13.0. The second kappa shape index (κ2) is 3.58. The van der Waals surface area contributed by atoms with Gasteiger partial charge in [-0.15, -0.1) is 0 Å². The molecule has 0 aliphatic heterocycles. The summed E-state index contributed by atoms with van der Waals surface area (Å²) in [6, 6.07) is 0. The van der Waals surface area contributed by atoms with Gasteiger partial charge in [0.1, 0.15) is 10.2 Å². The van der Waals surface area contributed by atoms with Gasteiger partial charge in [0.25, 0.3) is 5.76 Å². The molecule has 0 amide bonds. The van der Waals surface area contributed by atoms with E-state index in [1.807, 2.05) is 0 Å². The molecule has 58 valence electrons. The Morgan fingerprint density at radius 3 is 2.30 bits per heavy atom. The zero-order valence-electron chi connectivity index (χ0n) is 5.37. The van der Waals surface area contributed by atoms with Gasteiger partial charge in [-0.3, -0.25) is 0 Å². The second-order valence-corrected chi connectivity index (χ2v) is 2.38. The lowest BCUT2D eigenvalue weighted by Crippen LogP contribution is -2.60. The zero-order valence-corrected chi connectivity index (χ0v) is 6.13. The number of halogens is 1. The van der Waals surface area contributed by atoms with Crippen LogP contribution in [0, 0.1) is 10.2 Å². The van der Waals surface area contributed by atoms with Crippen LogP contribution in [0.15, 0.2) is 24.5 Å². The Morgan fingerprint density at radius 2 is 2.00 bits per heavy atom. The Hall–Kier alpha value is -0.550. The summed E-state index contributed by atoms with van der Waals surface area (Å²) in [6.07, 6.45) is 2.58. The maximum Gasteiger partial charge on any atom is 0.262 e. The van der Waals surface area contributed by atoms with E-state index in [4.69, 9.17) is 0 Å². The molecule has 10 heavy (non-hydrogen) atoms. The van der Waals surface area contributed by atoms with Crippen molar-refractivity contribution >= 4 is 0 Å². The minimum Gasteiger partial charge on any atom is -0.167 e. The first kappa shape index (κ1) is 9.45. The first-order valence-electron chi connectivity index (χ1n) is 2.35. The van der Waals surface area contributed by atoms with Crippen LogP contribution in [0.3, 0.4) is 0 Å². The van der Waals surface area contributed by atoms with E-state index in [-0.39, 0.29) is 5.76 Å². The van der Waals surface area contributed by atoms with Gasteiger partial charge in [0.05, 0.1) is 0 Å². The molecule has 0 radical (unpaired) electrons. The number of rotatable bonds is 3. The van der Waals surface area contributed by atoms with Crippen LogP contribution in [0.5, 0.6) is 0 Å². The third-order valence-electron chi connectivity index (χ3n) is 0.569. The third-order valence-corrected chi connectivity index (χ3v) is 1.00. The molecule has 0 bridgehead atoms. The van der Waals surface area contributed by atoms with Crippen molar-refractivity contribution in [2.45, 2.75) is 6.92 Å². The van der Waals surface area contributed by atoms with Gasteiger partial charge in [-0.2, -0.15) is 14.0 Å². The van der Waals surface area contributed by atoms with Crippen LogP contribution >= 0.6 is 0 Å². The minimum absolute atomic E-state index is 0.00772. The van der Waals surface area contributed by atoms with Crippen molar-refractivity contribution < 1.29 is 28.5 Å². The van der Waals surface area contributed by atoms with Crippen LogP contribution in [0.2, 0.25) is 0 Å². The Labute approximate surface area is 60.8 Å². The van der Waals surface area contributed by atoms with Crippen molar-refractivity contribution in [1.29, 1.82) is 0 Å². The van der Waals surface area contributed by atoms with Crippen molar-refractivity contribution in [2.24, 2.45) is 0 Å². The summed E-state index contributed by atoms with van der Waals surface area (Å²) in [5.41, 5.74) is 0. The van der Waals surface area contributed by atoms with E-state index in [9.17, 15) is 14.0 Å². The maximum absolute atomic E-state index is 9.84. The summed E-state index contributed by atoms with van der Waals surface area (Å²) in [4.78, 5) is 0. The van der Waals surface area contributed by atoms with Crippen LogP contribution < -0.4 is 14.0 Å². The molecule has 0 aromatic rings. The van der Waals surface area contributed by atoms with E-state index in [2.05, 4.69) is 10.9 Å². The van der Waals surface area contributed by atoms with E-state index in [0.29, 0.717) is 0 Å². The summed E-state index contributed by atoms with van der Waals surface area (Å²) in [7, 11) is -4.36. The lowest BCUT2D eigenvalue weighted by molar-refractivity contribution is -1.92. The Balaban J connectivity index is 3.91. The molecule has 0 atom stereocenters. The number of hydrogen-bond donors (Lipinski definition) is 0. The number of allylic oxidation sites excluding steroid dienone is 3. The molecule has 0 aromatic carbocycles. The van der Waals surface area contributed by atoms with Gasteiger partial charge in [0.2, 0.25) is 0 Å². The highest BCUT2D eigenvalue weighted by molar-refractivity contribution is 5.00. The molecule has 0 spiro atoms. The molecule has 0 aliphatic carbocycles. The third kappa shape index (κ3) is 5.58. The van der Waals surface area contributed by atoms with Crippen molar-refractivity contribution in [1.82, 2.24) is 0 Å². The highest BCUT2D eigenvalue weighted by Crippen LogP contribution is 2.00. The lowest BCUT2D eigenvalue weighted by Gasteiger charge is -2.11. The van der Waals surface area contributed by atoms with E-state index < -0.39 is 10.2 Å². The second-order valence-electron chi connectivity index (χ2n) is 1.47. The minimum atomic E-state index is -4.36. The van der Waals surface area contributed by atoms with Gasteiger partial charge >= 0.3 is 0 Å². The van der Waals surface area contributed by atoms with Gasteiger partial charge in [0.15, 0.2) is 0 Å². The molecule has 0 fully saturated rings. The van der Waals surface area contributed by atoms with Crippen molar-refractivity contribution in [3.05, 3.63) is 24.5 Å². The fraction of sp³-hybridized carbons (Fsp3) is 0.200. The standard InChI is InChI=1S/C5H7ClO4/c1-3-4-5(2)10-6(7,8)9/h3-4H,1H2,2H3. The Kier molecular flexibility index (Phi) is 3.38. The van der Waals surface area contributed by atoms with Crippen LogP contribution in [-0.4, -0.2) is 0 Å². The average molecular weight is 167 g/mol. The topological polar surface area (TPSA) is 78.4 Å².